The minimum absolute atomic E-state index is 0.00340. The Kier molecular flexibility index (Phi) is 3.28. The first-order valence-electron chi connectivity index (χ1n) is 5.27. The number of carboxylic acid groups (broad SMARTS) is 1. The van der Waals surface area contributed by atoms with Crippen LogP contribution in [-0.2, 0) is 14.3 Å². The van der Waals surface area contributed by atoms with Crippen LogP contribution in [0.1, 0.15) is 27.2 Å². The van der Waals surface area contributed by atoms with Crippen LogP contribution in [0.3, 0.4) is 0 Å². The van der Waals surface area contributed by atoms with Gasteiger partial charge in [0.15, 0.2) is 5.54 Å². The van der Waals surface area contributed by atoms with Crippen molar-refractivity contribution in [1.82, 2.24) is 5.32 Å². The lowest BCUT2D eigenvalue weighted by Crippen LogP contribution is -2.56. The monoisotopic (exact) mass is 229 g/mol. The number of hydrogen-bond acceptors (Lipinski definition) is 3. The molecule has 0 aromatic carbocycles. The number of amides is 1. The number of hydrogen-bond donors (Lipinski definition) is 2. The van der Waals surface area contributed by atoms with Crippen molar-refractivity contribution in [3.63, 3.8) is 0 Å². The van der Waals surface area contributed by atoms with Crippen molar-refractivity contribution < 1.29 is 19.4 Å². The zero-order chi connectivity index (χ0) is 12.6. The lowest BCUT2D eigenvalue weighted by molar-refractivity contribution is -0.149. The SMILES string of the molecule is COCC(C)(NC(=O)C1CC1(C)C)C(=O)O. The minimum atomic E-state index is -1.34. The number of methoxy groups -OCH3 is 1. The van der Waals surface area contributed by atoms with Gasteiger partial charge in [0.1, 0.15) is 0 Å². The van der Waals surface area contributed by atoms with E-state index in [0.29, 0.717) is 0 Å². The highest BCUT2D eigenvalue weighted by Gasteiger charge is 2.52. The molecule has 0 saturated heterocycles. The Morgan fingerprint density at radius 2 is 2.06 bits per heavy atom. The number of rotatable bonds is 5. The van der Waals surface area contributed by atoms with Gasteiger partial charge in [0.25, 0.3) is 0 Å². The summed E-state index contributed by atoms with van der Waals surface area (Å²) in [7, 11) is 1.41. The van der Waals surface area contributed by atoms with E-state index in [1.54, 1.807) is 0 Å². The Morgan fingerprint density at radius 3 is 2.38 bits per heavy atom. The predicted molar refractivity (Wildman–Crippen MR) is 57.9 cm³/mol. The molecular formula is C11H19NO4. The van der Waals surface area contributed by atoms with Gasteiger partial charge in [0.05, 0.1) is 6.61 Å². The Labute approximate surface area is 95.2 Å². The molecule has 1 rings (SSSR count). The van der Waals surface area contributed by atoms with Crippen molar-refractivity contribution >= 4 is 11.9 Å². The molecule has 1 saturated carbocycles. The average Bonchev–Trinajstić information content (AvgIpc) is 2.75. The van der Waals surface area contributed by atoms with Gasteiger partial charge in [-0.25, -0.2) is 4.79 Å². The second kappa shape index (κ2) is 4.05. The summed E-state index contributed by atoms with van der Waals surface area (Å²) in [6.45, 7) is 5.39. The molecule has 2 unspecified atom stereocenters. The molecule has 1 amide bonds. The van der Waals surface area contributed by atoms with Gasteiger partial charge in [0, 0.05) is 13.0 Å². The van der Waals surface area contributed by atoms with E-state index < -0.39 is 11.5 Å². The topological polar surface area (TPSA) is 75.6 Å². The molecule has 1 aliphatic rings. The Balaban J connectivity index is 2.63. The van der Waals surface area contributed by atoms with Crippen LogP contribution >= 0.6 is 0 Å². The third kappa shape index (κ3) is 2.52. The van der Waals surface area contributed by atoms with Gasteiger partial charge in [-0.1, -0.05) is 13.8 Å². The summed E-state index contributed by atoms with van der Waals surface area (Å²) in [6, 6.07) is 0. The number of ether oxygens (including phenoxy) is 1. The standard InChI is InChI=1S/C11H19NO4/c1-10(2)5-7(10)8(13)12-11(3,6-16-4)9(14)15/h7H,5-6H2,1-4H3,(H,12,13)(H,14,15). The minimum Gasteiger partial charge on any atom is -0.479 e. The van der Waals surface area contributed by atoms with E-state index in [4.69, 9.17) is 9.84 Å². The fourth-order valence-corrected chi connectivity index (χ4v) is 1.71. The molecule has 5 nitrogen and oxygen atoms in total. The zero-order valence-electron chi connectivity index (χ0n) is 10.2. The molecule has 2 atom stereocenters. The largest absolute Gasteiger partial charge is 0.479 e. The molecule has 5 heteroatoms. The number of carbonyl (C=O) groups excluding carboxylic acids is 1. The van der Waals surface area contributed by atoms with E-state index in [1.165, 1.54) is 14.0 Å². The average molecular weight is 229 g/mol. The van der Waals surface area contributed by atoms with Gasteiger partial charge in [-0.05, 0) is 18.8 Å². The molecule has 2 N–H and O–H groups in total. The molecule has 1 fully saturated rings. The quantitative estimate of drug-likeness (QED) is 0.725. The summed E-state index contributed by atoms with van der Waals surface area (Å²) < 4.78 is 4.83. The molecule has 0 spiro atoms. The van der Waals surface area contributed by atoms with E-state index in [9.17, 15) is 9.59 Å². The highest BCUT2D eigenvalue weighted by atomic mass is 16.5. The predicted octanol–water partition coefficient (Wildman–Crippen LogP) is 0.638. The van der Waals surface area contributed by atoms with Crippen LogP contribution in [0.15, 0.2) is 0 Å². The molecule has 0 aromatic rings. The van der Waals surface area contributed by atoms with Crippen LogP contribution in [-0.4, -0.2) is 36.2 Å². The fourth-order valence-electron chi connectivity index (χ4n) is 1.71. The maximum absolute atomic E-state index is 11.8. The highest BCUT2D eigenvalue weighted by molar-refractivity contribution is 5.89. The van der Waals surface area contributed by atoms with Gasteiger partial charge in [-0.15, -0.1) is 0 Å². The third-order valence-electron chi connectivity index (χ3n) is 3.13. The van der Waals surface area contributed by atoms with Gasteiger partial charge in [-0.3, -0.25) is 4.79 Å². The molecule has 92 valence electrons. The molecular weight excluding hydrogens is 210 g/mol. The number of aliphatic carboxylic acids is 1. The Hall–Kier alpha value is -1.10. The molecule has 0 radical (unpaired) electrons. The van der Waals surface area contributed by atoms with E-state index >= 15 is 0 Å². The van der Waals surface area contributed by atoms with Crippen LogP contribution < -0.4 is 5.32 Å². The summed E-state index contributed by atoms with van der Waals surface area (Å²) in [5, 5.41) is 11.6. The van der Waals surface area contributed by atoms with Crippen LogP contribution in [0.4, 0.5) is 0 Å². The summed E-state index contributed by atoms with van der Waals surface area (Å²) in [5.74, 6) is -1.36. The number of carboxylic acids is 1. The molecule has 0 heterocycles. The maximum Gasteiger partial charge on any atom is 0.331 e. The molecule has 0 aliphatic heterocycles. The summed E-state index contributed by atoms with van der Waals surface area (Å²) >= 11 is 0. The van der Waals surface area contributed by atoms with Crippen molar-refractivity contribution in [3.8, 4) is 0 Å². The van der Waals surface area contributed by atoms with Crippen LogP contribution in [0.2, 0.25) is 0 Å². The van der Waals surface area contributed by atoms with Crippen LogP contribution in [0, 0.1) is 11.3 Å². The summed E-state index contributed by atoms with van der Waals surface area (Å²) in [4.78, 5) is 22.8. The normalized spacial score (nSPS) is 25.6. The molecule has 1 aliphatic carbocycles. The summed E-state index contributed by atoms with van der Waals surface area (Å²) in [6.07, 6.45) is 0.807. The van der Waals surface area contributed by atoms with Crippen molar-refractivity contribution in [1.29, 1.82) is 0 Å². The first-order chi connectivity index (χ1) is 7.23. The van der Waals surface area contributed by atoms with Crippen molar-refractivity contribution in [2.45, 2.75) is 32.7 Å². The van der Waals surface area contributed by atoms with Crippen molar-refractivity contribution in [3.05, 3.63) is 0 Å². The van der Waals surface area contributed by atoms with Gasteiger partial charge < -0.3 is 15.2 Å². The van der Waals surface area contributed by atoms with Crippen LogP contribution in [0.25, 0.3) is 0 Å². The third-order valence-corrected chi connectivity index (χ3v) is 3.13. The van der Waals surface area contributed by atoms with Gasteiger partial charge >= 0.3 is 5.97 Å². The molecule has 16 heavy (non-hydrogen) atoms. The van der Waals surface area contributed by atoms with E-state index in [0.717, 1.165) is 6.42 Å². The Bertz CT molecular complexity index is 313. The zero-order valence-corrected chi connectivity index (χ0v) is 10.2. The maximum atomic E-state index is 11.8. The number of nitrogens with one attached hydrogen (secondary N) is 1. The number of carbonyl (C=O) groups is 2. The van der Waals surface area contributed by atoms with E-state index in [1.807, 2.05) is 13.8 Å². The lowest BCUT2D eigenvalue weighted by Gasteiger charge is -2.25. The van der Waals surface area contributed by atoms with Crippen LogP contribution in [0.5, 0.6) is 0 Å². The smallest absolute Gasteiger partial charge is 0.331 e. The van der Waals surface area contributed by atoms with Crippen molar-refractivity contribution in [2.24, 2.45) is 11.3 Å². The second-order valence-corrected chi connectivity index (χ2v) is 5.30. The second-order valence-electron chi connectivity index (χ2n) is 5.30. The Morgan fingerprint density at radius 1 is 1.56 bits per heavy atom. The first kappa shape index (κ1) is 13.0. The van der Waals surface area contributed by atoms with Gasteiger partial charge in [0.2, 0.25) is 5.91 Å². The highest BCUT2D eigenvalue weighted by Crippen LogP contribution is 2.51. The first-order valence-corrected chi connectivity index (χ1v) is 5.27. The van der Waals surface area contributed by atoms with E-state index in [-0.39, 0.29) is 23.8 Å². The lowest BCUT2D eigenvalue weighted by atomic mass is 10.0. The summed E-state index contributed by atoms with van der Waals surface area (Å²) in [5.41, 5.74) is -1.35. The van der Waals surface area contributed by atoms with Gasteiger partial charge in [-0.2, -0.15) is 0 Å². The van der Waals surface area contributed by atoms with Crippen molar-refractivity contribution in [2.75, 3.05) is 13.7 Å². The van der Waals surface area contributed by atoms with E-state index in [2.05, 4.69) is 5.32 Å². The molecule has 0 bridgehead atoms. The molecule has 0 aromatic heterocycles. The fraction of sp³-hybridized carbons (Fsp3) is 0.818.